The minimum atomic E-state index is -0.0634. The highest BCUT2D eigenvalue weighted by Gasteiger charge is 2.37. The molecule has 1 atom stereocenters. The first-order chi connectivity index (χ1) is 9.06. The van der Waals surface area contributed by atoms with Crippen molar-refractivity contribution in [1.82, 2.24) is 5.32 Å². The molecule has 1 saturated heterocycles. The summed E-state index contributed by atoms with van der Waals surface area (Å²) in [6.45, 7) is 8.90. The molecule has 0 aliphatic carbocycles. The second-order valence-electron chi connectivity index (χ2n) is 6.07. The highest BCUT2D eigenvalue weighted by molar-refractivity contribution is 5.26. The van der Waals surface area contributed by atoms with Gasteiger partial charge in [-0.2, -0.15) is 0 Å². The monoisotopic (exact) mass is 263 g/mol. The summed E-state index contributed by atoms with van der Waals surface area (Å²) < 4.78 is 5.21. The highest BCUT2D eigenvalue weighted by atomic mass is 16.5. The Morgan fingerprint density at radius 3 is 2.16 bits per heavy atom. The van der Waals surface area contributed by atoms with E-state index in [2.05, 4.69) is 50.4 Å². The Hall–Kier alpha value is -0.900. The smallest absolute Gasteiger partial charge is 0.0579 e. The molecule has 2 rings (SSSR count). The molecule has 1 unspecified atom stereocenters. The van der Waals surface area contributed by atoms with Crippen molar-refractivity contribution >= 4 is 0 Å². The first-order valence-electron chi connectivity index (χ1n) is 7.08. The van der Waals surface area contributed by atoms with Crippen LogP contribution >= 0.6 is 0 Å². The van der Waals surface area contributed by atoms with Gasteiger partial charge in [0.2, 0.25) is 0 Å². The lowest BCUT2D eigenvalue weighted by molar-refractivity contribution is -0.135. The second-order valence-corrected chi connectivity index (χ2v) is 6.07. The first kappa shape index (κ1) is 14.5. The SMILES string of the molecule is CC(C)c1ccc(C(C)NCC2(CO)COC2)cc1. The van der Waals surface area contributed by atoms with Crippen molar-refractivity contribution in [3.63, 3.8) is 0 Å². The minimum absolute atomic E-state index is 0.0634. The molecule has 0 spiro atoms. The van der Waals surface area contributed by atoms with E-state index in [1.165, 1.54) is 11.1 Å². The lowest BCUT2D eigenvalue weighted by Gasteiger charge is -2.40. The Kier molecular flexibility index (Phi) is 4.61. The fourth-order valence-corrected chi connectivity index (χ4v) is 2.30. The van der Waals surface area contributed by atoms with Gasteiger partial charge in [0.05, 0.1) is 25.2 Å². The van der Waals surface area contributed by atoms with Gasteiger partial charge in [0, 0.05) is 12.6 Å². The van der Waals surface area contributed by atoms with E-state index in [9.17, 15) is 5.11 Å². The topological polar surface area (TPSA) is 41.5 Å². The number of rotatable bonds is 6. The fourth-order valence-electron chi connectivity index (χ4n) is 2.30. The van der Waals surface area contributed by atoms with Crippen LogP contribution < -0.4 is 5.32 Å². The van der Waals surface area contributed by atoms with Gasteiger partial charge in [-0.15, -0.1) is 0 Å². The highest BCUT2D eigenvalue weighted by Crippen LogP contribution is 2.27. The molecular formula is C16H25NO2. The molecule has 1 aliphatic rings. The van der Waals surface area contributed by atoms with Gasteiger partial charge in [-0.05, 0) is 24.0 Å². The standard InChI is InChI=1S/C16H25NO2/c1-12(2)14-4-6-15(7-5-14)13(3)17-8-16(9-18)10-19-11-16/h4-7,12-13,17-18H,8-11H2,1-3H3. The molecule has 0 aromatic heterocycles. The maximum atomic E-state index is 9.40. The van der Waals surface area contributed by atoms with E-state index in [1.54, 1.807) is 0 Å². The van der Waals surface area contributed by atoms with E-state index in [-0.39, 0.29) is 12.0 Å². The normalized spacial score (nSPS) is 19.2. The number of hydrogen-bond donors (Lipinski definition) is 2. The van der Waals surface area contributed by atoms with Crippen LogP contribution in [-0.2, 0) is 4.74 Å². The van der Waals surface area contributed by atoms with Crippen LogP contribution in [-0.4, -0.2) is 31.5 Å². The molecule has 3 nitrogen and oxygen atoms in total. The molecule has 2 N–H and O–H groups in total. The average Bonchev–Trinajstić information content (AvgIpc) is 2.38. The third kappa shape index (κ3) is 3.35. The lowest BCUT2D eigenvalue weighted by atomic mass is 9.86. The number of hydrogen-bond acceptors (Lipinski definition) is 3. The van der Waals surface area contributed by atoms with Crippen LogP contribution in [0.25, 0.3) is 0 Å². The van der Waals surface area contributed by atoms with E-state index in [0.717, 1.165) is 6.54 Å². The van der Waals surface area contributed by atoms with Gasteiger partial charge in [-0.25, -0.2) is 0 Å². The second kappa shape index (κ2) is 6.04. The van der Waals surface area contributed by atoms with Crippen molar-refractivity contribution in [1.29, 1.82) is 0 Å². The number of ether oxygens (including phenoxy) is 1. The molecule has 3 heteroatoms. The zero-order chi connectivity index (χ0) is 13.9. The Morgan fingerprint density at radius 2 is 1.74 bits per heavy atom. The predicted molar refractivity (Wildman–Crippen MR) is 77.3 cm³/mol. The quantitative estimate of drug-likeness (QED) is 0.828. The molecule has 0 saturated carbocycles. The van der Waals surface area contributed by atoms with E-state index in [4.69, 9.17) is 4.74 Å². The molecule has 1 aromatic rings. The molecule has 106 valence electrons. The van der Waals surface area contributed by atoms with Crippen molar-refractivity contribution in [3.8, 4) is 0 Å². The molecule has 0 radical (unpaired) electrons. The average molecular weight is 263 g/mol. The zero-order valence-electron chi connectivity index (χ0n) is 12.1. The number of aliphatic hydroxyl groups is 1. The van der Waals surface area contributed by atoms with E-state index in [0.29, 0.717) is 25.2 Å². The summed E-state index contributed by atoms with van der Waals surface area (Å²) in [5, 5.41) is 12.9. The Balaban J connectivity index is 1.90. The summed E-state index contributed by atoms with van der Waals surface area (Å²) in [6.07, 6.45) is 0. The molecule has 0 bridgehead atoms. The summed E-state index contributed by atoms with van der Waals surface area (Å²) in [5.74, 6) is 0.571. The van der Waals surface area contributed by atoms with E-state index in [1.807, 2.05) is 0 Å². The summed E-state index contributed by atoms with van der Waals surface area (Å²) in [6, 6.07) is 9.08. The van der Waals surface area contributed by atoms with Crippen molar-refractivity contribution < 1.29 is 9.84 Å². The maximum Gasteiger partial charge on any atom is 0.0579 e. The summed E-state index contributed by atoms with van der Waals surface area (Å²) in [7, 11) is 0. The van der Waals surface area contributed by atoms with Crippen LogP contribution in [0.5, 0.6) is 0 Å². The van der Waals surface area contributed by atoms with Crippen LogP contribution in [0.2, 0.25) is 0 Å². The predicted octanol–water partition coefficient (Wildman–Crippen LogP) is 2.47. The molecule has 0 amide bonds. The van der Waals surface area contributed by atoms with Crippen molar-refractivity contribution in [2.75, 3.05) is 26.4 Å². The van der Waals surface area contributed by atoms with Crippen LogP contribution in [0, 0.1) is 5.41 Å². The summed E-state index contributed by atoms with van der Waals surface area (Å²) in [5.41, 5.74) is 2.60. The third-order valence-corrected chi connectivity index (χ3v) is 4.04. The van der Waals surface area contributed by atoms with Crippen LogP contribution in [0.4, 0.5) is 0 Å². The molecule has 1 heterocycles. The van der Waals surface area contributed by atoms with Gasteiger partial charge in [-0.3, -0.25) is 0 Å². The van der Waals surface area contributed by atoms with Crippen LogP contribution in [0.1, 0.15) is 43.9 Å². The minimum Gasteiger partial charge on any atom is -0.396 e. The van der Waals surface area contributed by atoms with E-state index >= 15 is 0 Å². The van der Waals surface area contributed by atoms with Crippen molar-refractivity contribution in [3.05, 3.63) is 35.4 Å². The molecule has 1 aliphatic heterocycles. The van der Waals surface area contributed by atoms with Gasteiger partial charge in [0.1, 0.15) is 0 Å². The molecular weight excluding hydrogens is 238 g/mol. The summed E-state index contributed by atoms with van der Waals surface area (Å²) >= 11 is 0. The van der Waals surface area contributed by atoms with Crippen LogP contribution in [0.3, 0.4) is 0 Å². The van der Waals surface area contributed by atoms with E-state index < -0.39 is 0 Å². The zero-order valence-corrected chi connectivity index (χ0v) is 12.1. The number of nitrogens with one attached hydrogen (secondary N) is 1. The largest absolute Gasteiger partial charge is 0.396 e. The van der Waals surface area contributed by atoms with Gasteiger partial charge in [-0.1, -0.05) is 38.1 Å². The number of aliphatic hydroxyl groups excluding tert-OH is 1. The Morgan fingerprint density at radius 1 is 1.16 bits per heavy atom. The molecule has 19 heavy (non-hydrogen) atoms. The van der Waals surface area contributed by atoms with Gasteiger partial charge >= 0.3 is 0 Å². The van der Waals surface area contributed by atoms with Crippen molar-refractivity contribution in [2.45, 2.75) is 32.7 Å². The van der Waals surface area contributed by atoms with Crippen molar-refractivity contribution in [2.24, 2.45) is 5.41 Å². The lowest BCUT2D eigenvalue weighted by Crippen LogP contribution is -2.52. The molecule has 1 aromatic carbocycles. The first-order valence-corrected chi connectivity index (χ1v) is 7.08. The third-order valence-electron chi connectivity index (χ3n) is 4.04. The Bertz CT molecular complexity index is 390. The molecule has 1 fully saturated rings. The van der Waals surface area contributed by atoms with Gasteiger partial charge < -0.3 is 15.2 Å². The maximum absolute atomic E-state index is 9.40. The van der Waals surface area contributed by atoms with Gasteiger partial charge in [0.25, 0.3) is 0 Å². The van der Waals surface area contributed by atoms with Crippen LogP contribution in [0.15, 0.2) is 24.3 Å². The fraction of sp³-hybridized carbons (Fsp3) is 0.625. The summed E-state index contributed by atoms with van der Waals surface area (Å²) in [4.78, 5) is 0. The Labute approximate surface area is 116 Å². The van der Waals surface area contributed by atoms with Gasteiger partial charge in [0.15, 0.2) is 0 Å². The number of benzene rings is 1.